The standard InChI is InChI=1S/C24H42N4O6Si2/c1-15(2)35(16(3)4)31-14-19-21(33-36(34-35,17(5)6)18(7)8)22(30-13-9-11-25)23(32-19)28-12-10-20(26)27-24(28)29/h10,12,15-19,21-23H,9,13-14H2,1-8H3,(H2,26,27,29)/t19-,21-,22-,23-/m1/s1. The lowest BCUT2D eigenvalue weighted by Gasteiger charge is -2.51. The number of ether oxygens (including phenoxy) is 2. The molecule has 2 aliphatic heterocycles. The summed E-state index contributed by atoms with van der Waals surface area (Å²) in [6, 6.07) is 3.66. The number of nitrogen functional groups attached to an aromatic ring is 1. The Labute approximate surface area is 216 Å². The van der Waals surface area contributed by atoms with Crippen molar-refractivity contribution in [2.45, 2.75) is 109 Å². The molecule has 12 heteroatoms. The van der Waals surface area contributed by atoms with Crippen LogP contribution < -0.4 is 11.4 Å². The molecule has 0 amide bonds. The molecule has 0 aromatic carbocycles. The molecule has 36 heavy (non-hydrogen) atoms. The van der Waals surface area contributed by atoms with Gasteiger partial charge in [-0.25, -0.2) is 4.79 Å². The van der Waals surface area contributed by atoms with E-state index in [1.54, 1.807) is 12.3 Å². The van der Waals surface area contributed by atoms with E-state index in [4.69, 9.17) is 33.4 Å². The molecule has 4 atom stereocenters. The molecule has 0 saturated carbocycles. The predicted octanol–water partition coefficient (Wildman–Crippen LogP) is 3.98. The molecule has 3 rings (SSSR count). The number of hydrogen-bond acceptors (Lipinski definition) is 9. The first-order valence-electron chi connectivity index (χ1n) is 12.9. The van der Waals surface area contributed by atoms with E-state index >= 15 is 0 Å². The van der Waals surface area contributed by atoms with Crippen molar-refractivity contribution in [3.63, 3.8) is 0 Å². The first-order valence-corrected chi connectivity index (χ1v) is 16.8. The van der Waals surface area contributed by atoms with Gasteiger partial charge in [0.1, 0.15) is 24.1 Å². The minimum atomic E-state index is -2.92. The van der Waals surface area contributed by atoms with Crippen LogP contribution in [0, 0.1) is 11.3 Å². The summed E-state index contributed by atoms with van der Waals surface area (Å²) in [7, 11) is -5.66. The van der Waals surface area contributed by atoms with Crippen LogP contribution in [0.2, 0.25) is 22.2 Å². The summed E-state index contributed by atoms with van der Waals surface area (Å²) in [5.74, 6) is 0.130. The van der Waals surface area contributed by atoms with Crippen molar-refractivity contribution in [3.05, 3.63) is 22.7 Å². The van der Waals surface area contributed by atoms with Gasteiger partial charge in [0.2, 0.25) is 0 Å². The summed E-state index contributed by atoms with van der Waals surface area (Å²) in [6.07, 6.45) is -0.721. The molecule has 1 aromatic rings. The van der Waals surface area contributed by atoms with Crippen LogP contribution >= 0.6 is 0 Å². The van der Waals surface area contributed by atoms with Gasteiger partial charge in [-0.3, -0.25) is 4.57 Å². The zero-order valence-corrected chi connectivity index (χ0v) is 24.8. The second kappa shape index (κ2) is 11.4. The quantitative estimate of drug-likeness (QED) is 0.386. The molecule has 202 valence electrons. The van der Waals surface area contributed by atoms with Crippen LogP contribution in [0.4, 0.5) is 5.82 Å². The Morgan fingerprint density at radius 1 is 1.14 bits per heavy atom. The first kappa shape index (κ1) is 29.0. The Hall–Kier alpha value is -1.60. The summed E-state index contributed by atoms with van der Waals surface area (Å²) in [4.78, 5) is 16.6. The molecule has 2 N–H and O–H groups in total. The van der Waals surface area contributed by atoms with Crippen LogP contribution in [-0.4, -0.2) is 58.2 Å². The van der Waals surface area contributed by atoms with Gasteiger partial charge in [0.05, 0.1) is 25.7 Å². The highest BCUT2D eigenvalue weighted by molar-refractivity contribution is 6.83. The van der Waals surface area contributed by atoms with Crippen LogP contribution in [0.25, 0.3) is 0 Å². The summed E-state index contributed by atoms with van der Waals surface area (Å²) in [5, 5.41) is 9.10. The first-order chi connectivity index (χ1) is 16.9. The van der Waals surface area contributed by atoms with Gasteiger partial charge in [-0.15, -0.1) is 0 Å². The van der Waals surface area contributed by atoms with Crippen molar-refractivity contribution < 1.29 is 22.4 Å². The Morgan fingerprint density at radius 3 is 2.28 bits per heavy atom. The molecule has 10 nitrogen and oxygen atoms in total. The largest absolute Gasteiger partial charge is 0.414 e. The van der Waals surface area contributed by atoms with Gasteiger partial charge in [-0.1, -0.05) is 55.4 Å². The number of fused-ring (bicyclic) bond motifs is 1. The van der Waals surface area contributed by atoms with Crippen molar-refractivity contribution in [3.8, 4) is 6.07 Å². The van der Waals surface area contributed by atoms with E-state index in [2.05, 4.69) is 66.4 Å². The number of aromatic nitrogens is 2. The Morgan fingerprint density at radius 2 is 1.75 bits per heavy atom. The molecule has 0 unspecified atom stereocenters. The van der Waals surface area contributed by atoms with Gasteiger partial charge in [-0.2, -0.15) is 10.2 Å². The number of hydrogen-bond donors (Lipinski definition) is 1. The molecule has 3 heterocycles. The second-order valence-corrected chi connectivity index (χ2v) is 19.8. The SMILES string of the molecule is CC(C)[Si]1(C(C)C)OC[C@H]2O[C@@H](n3ccc(N)nc3=O)[C@H](OCCC#N)[C@@H]2O[Si](C(C)C)(C(C)C)O1. The zero-order valence-electron chi connectivity index (χ0n) is 22.8. The minimum absolute atomic E-state index is 0.129. The third-order valence-electron chi connectivity index (χ3n) is 7.27. The van der Waals surface area contributed by atoms with Gasteiger partial charge in [0.25, 0.3) is 0 Å². The smallest absolute Gasteiger partial charge is 0.351 e. The van der Waals surface area contributed by atoms with Crippen molar-refractivity contribution in [1.82, 2.24) is 9.55 Å². The van der Waals surface area contributed by atoms with Crippen LogP contribution in [0.1, 0.15) is 68.0 Å². The Bertz CT molecular complexity index is 980. The van der Waals surface area contributed by atoms with E-state index in [0.29, 0.717) is 0 Å². The minimum Gasteiger partial charge on any atom is -0.414 e. The molecule has 0 spiro atoms. The van der Waals surface area contributed by atoms with Gasteiger partial charge < -0.3 is 28.2 Å². The van der Waals surface area contributed by atoms with Gasteiger partial charge in [0.15, 0.2) is 6.23 Å². The van der Waals surface area contributed by atoms with Crippen molar-refractivity contribution >= 4 is 22.9 Å². The topological polar surface area (TPSA) is 131 Å². The molecular weight excluding hydrogens is 496 g/mol. The fourth-order valence-electron chi connectivity index (χ4n) is 5.38. The predicted molar refractivity (Wildman–Crippen MR) is 141 cm³/mol. The van der Waals surface area contributed by atoms with E-state index in [-0.39, 0.29) is 47.6 Å². The average molecular weight is 539 g/mol. The Kier molecular flexibility index (Phi) is 9.19. The average Bonchev–Trinajstić information content (AvgIpc) is 3.09. The number of anilines is 1. The number of rotatable bonds is 8. The molecule has 1 aromatic heterocycles. The van der Waals surface area contributed by atoms with E-state index in [1.165, 1.54) is 4.57 Å². The maximum Gasteiger partial charge on any atom is 0.351 e. The fourth-order valence-corrected chi connectivity index (χ4v) is 16.6. The van der Waals surface area contributed by atoms with Crippen LogP contribution in [0.5, 0.6) is 0 Å². The van der Waals surface area contributed by atoms with E-state index < -0.39 is 47.4 Å². The van der Waals surface area contributed by atoms with Crippen molar-refractivity contribution in [1.29, 1.82) is 5.26 Å². The zero-order chi connectivity index (χ0) is 26.8. The van der Waals surface area contributed by atoms with Crippen molar-refractivity contribution in [2.24, 2.45) is 0 Å². The molecule has 2 saturated heterocycles. The molecule has 0 radical (unpaired) electrons. The van der Waals surface area contributed by atoms with Crippen LogP contribution in [-0.2, 0) is 22.4 Å². The summed E-state index contributed by atoms with van der Waals surface area (Å²) in [5.41, 5.74) is 5.84. The van der Waals surface area contributed by atoms with Gasteiger partial charge in [-0.05, 0) is 28.2 Å². The molecule has 0 bridgehead atoms. The summed E-state index contributed by atoms with van der Waals surface area (Å²) < 4.78 is 35.2. The van der Waals surface area contributed by atoms with Gasteiger partial charge >= 0.3 is 22.8 Å². The van der Waals surface area contributed by atoms with Crippen LogP contribution in [0.15, 0.2) is 17.1 Å². The van der Waals surface area contributed by atoms with Crippen molar-refractivity contribution in [2.75, 3.05) is 18.9 Å². The van der Waals surface area contributed by atoms with E-state index in [0.717, 1.165) is 0 Å². The summed E-state index contributed by atoms with van der Waals surface area (Å²) in [6.45, 7) is 17.7. The molecular formula is C24H42N4O6Si2. The van der Waals surface area contributed by atoms with Crippen LogP contribution in [0.3, 0.4) is 0 Å². The fraction of sp³-hybridized carbons (Fsp3) is 0.792. The number of nitrogens with zero attached hydrogens (tertiary/aromatic N) is 3. The molecule has 2 fully saturated rings. The van der Waals surface area contributed by atoms with Gasteiger partial charge in [0, 0.05) is 6.20 Å². The Balaban J connectivity index is 2.13. The molecule has 0 aliphatic carbocycles. The highest BCUT2D eigenvalue weighted by atomic mass is 28.5. The van der Waals surface area contributed by atoms with E-state index in [1.807, 2.05) is 0 Å². The third kappa shape index (κ3) is 5.33. The lowest BCUT2D eigenvalue weighted by atomic mass is 10.1. The lowest BCUT2D eigenvalue weighted by Crippen LogP contribution is -2.66. The maximum absolute atomic E-state index is 12.8. The van der Waals surface area contributed by atoms with E-state index in [9.17, 15) is 4.79 Å². The maximum atomic E-state index is 12.8. The highest BCUT2D eigenvalue weighted by Crippen LogP contribution is 2.48. The summed E-state index contributed by atoms with van der Waals surface area (Å²) >= 11 is 0. The number of nitrogens with two attached hydrogens (primary N) is 1. The second-order valence-electron chi connectivity index (χ2n) is 10.9. The normalized spacial score (nSPS) is 27.8. The lowest BCUT2D eigenvalue weighted by molar-refractivity contribution is -0.0721. The molecule has 2 aliphatic rings. The number of nitriles is 1. The highest BCUT2D eigenvalue weighted by Gasteiger charge is 2.62. The third-order valence-corrected chi connectivity index (χ3v) is 17.5. The monoisotopic (exact) mass is 538 g/mol.